The fourth-order valence-electron chi connectivity index (χ4n) is 1.35. The average Bonchev–Trinajstić information content (AvgIpc) is 2.78. The van der Waals surface area contributed by atoms with Crippen LogP contribution in [0.15, 0.2) is 34.9 Å². The second kappa shape index (κ2) is 4.56. The molecule has 0 atom stereocenters. The summed E-state index contributed by atoms with van der Waals surface area (Å²) in [6.07, 6.45) is 1.06. The predicted octanol–water partition coefficient (Wildman–Crippen LogP) is 4.35. The molecule has 0 saturated heterocycles. The molecule has 1 aromatic carbocycles. The van der Waals surface area contributed by atoms with Crippen LogP contribution in [-0.4, -0.2) is 4.98 Å². The molecule has 5 heteroatoms. The lowest BCUT2D eigenvalue weighted by Crippen LogP contribution is -2.04. The van der Waals surface area contributed by atoms with Gasteiger partial charge in [-0.15, -0.1) is 0 Å². The molecule has 0 unspecified atom stereocenters. The highest BCUT2D eigenvalue weighted by atomic mass is 79.9. The van der Waals surface area contributed by atoms with Gasteiger partial charge in [0.25, 0.3) is 0 Å². The number of hydrogen-bond donors (Lipinski definition) is 0. The number of benzene rings is 1. The van der Waals surface area contributed by atoms with E-state index in [1.54, 1.807) is 12.1 Å². The molecule has 0 aliphatic carbocycles. The van der Waals surface area contributed by atoms with Crippen molar-refractivity contribution in [3.63, 3.8) is 0 Å². The number of alkyl halides is 3. The molecule has 1 heterocycles. The Kier molecular flexibility index (Phi) is 3.28. The third kappa shape index (κ3) is 2.72. The second-order valence-electron chi connectivity index (χ2n) is 3.75. The minimum Gasteiger partial charge on any atom is -0.435 e. The Bertz CT molecular complexity index is 502. The van der Waals surface area contributed by atoms with E-state index in [-0.39, 0.29) is 5.89 Å². The topological polar surface area (TPSA) is 26.0 Å². The molecule has 0 aliphatic rings. The number of aromatic nitrogens is 1. The second-order valence-corrected chi connectivity index (χ2v) is 4.31. The first-order chi connectivity index (χ1) is 8.00. The summed E-state index contributed by atoms with van der Waals surface area (Å²) in [5.74, 6) is -3.21. The molecular formula is C12H10BrF2NO. The summed E-state index contributed by atoms with van der Waals surface area (Å²) in [6.45, 7) is 0.783. The van der Waals surface area contributed by atoms with E-state index in [9.17, 15) is 8.78 Å². The Balaban J connectivity index is 2.30. The van der Waals surface area contributed by atoms with Crippen LogP contribution in [0.2, 0.25) is 0 Å². The molecule has 0 aliphatic heterocycles. The van der Waals surface area contributed by atoms with Gasteiger partial charge >= 0.3 is 5.92 Å². The van der Waals surface area contributed by atoms with Gasteiger partial charge in [0.1, 0.15) is 0 Å². The zero-order valence-electron chi connectivity index (χ0n) is 9.08. The van der Waals surface area contributed by atoms with Gasteiger partial charge in [0.2, 0.25) is 5.89 Å². The van der Waals surface area contributed by atoms with Gasteiger partial charge in [0.15, 0.2) is 5.76 Å². The molecule has 1 aromatic heterocycles. The zero-order valence-corrected chi connectivity index (χ0v) is 10.7. The van der Waals surface area contributed by atoms with Crippen molar-refractivity contribution in [3.8, 4) is 11.5 Å². The largest absolute Gasteiger partial charge is 0.435 e. The number of halogens is 3. The molecule has 2 nitrogen and oxygen atoms in total. The van der Waals surface area contributed by atoms with Gasteiger partial charge in [0.05, 0.1) is 6.20 Å². The quantitative estimate of drug-likeness (QED) is 0.788. The van der Waals surface area contributed by atoms with E-state index in [0.29, 0.717) is 5.56 Å². The first-order valence-electron chi connectivity index (χ1n) is 5.00. The number of hydrogen-bond acceptors (Lipinski definition) is 2. The van der Waals surface area contributed by atoms with Crippen LogP contribution in [-0.2, 0) is 11.3 Å². The summed E-state index contributed by atoms with van der Waals surface area (Å²) < 4.78 is 31.0. The molecule has 0 radical (unpaired) electrons. The van der Waals surface area contributed by atoms with Crippen molar-refractivity contribution in [1.29, 1.82) is 0 Å². The summed E-state index contributed by atoms with van der Waals surface area (Å²) in [4.78, 5) is 3.85. The molecule has 0 fully saturated rings. The van der Waals surface area contributed by atoms with Crippen molar-refractivity contribution in [2.45, 2.75) is 18.2 Å². The Hall–Kier alpha value is -1.23. The molecule has 0 bridgehead atoms. The average molecular weight is 302 g/mol. The fraction of sp³-hybridized carbons (Fsp3) is 0.250. The first kappa shape index (κ1) is 12.2. The van der Waals surface area contributed by atoms with Gasteiger partial charge in [-0.3, -0.25) is 0 Å². The van der Waals surface area contributed by atoms with Gasteiger partial charge in [-0.1, -0.05) is 28.1 Å². The van der Waals surface area contributed by atoms with Crippen molar-refractivity contribution in [3.05, 3.63) is 41.8 Å². The molecular weight excluding hydrogens is 292 g/mol. The van der Waals surface area contributed by atoms with Gasteiger partial charge < -0.3 is 4.42 Å². The maximum Gasteiger partial charge on any atom is 0.303 e. The minimum absolute atomic E-state index is 0.211. The maximum atomic E-state index is 13.0. The standard InChI is InChI=1S/C12H10BrF2NO/c1-12(14,15)10-7-16-11(17-10)9-4-2-8(6-13)3-5-9/h2-5,7H,6H2,1H3. The first-order valence-corrected chi connectivity index (χ1v) is 6.12. The van der Waals surface area contributed by atoms with Crippen molar-refractivity contribution >= 4 is 15.9 Å². The van der Waals surface area contributed by atoms with E-state index < -0.39 is 11.7 Å². The van der Waals surface area contributed by atoms with E-state index in [1.807, 2.05) is 12.1 Å². The van der Waals surface area contributed by atoms with Crippen LogP contribution in [0, 0.1) is 0 Å². The van der Waals surface area contributed by atoms with Crippen molar-refractivity contribution < 1.29 is 13.2 Å². The Morgan fingerprint density at radius 2 is 1.94 bits per heavy atom. The minimum atomic E-state index is -3.00. The molecule has 2 aromatic rings. The summed E-state index contributed by atoms with van der Waals surface area (Å²) in [7, 11) is 0. The SMILES string of the molecule is CC(F)(F)c1cnc(-c2ccc(CBr)cc2)o1. The Morgan fingerprint density at radius 3 is 2.41 bits per heavy atom. The van der Waals surface area contributed by atoms with Crippen LogP contribution >= 0.6 is 15.9 Å². The molecule has 17 heavy (non-hydrogen) atoms. The van der Waals surface area contributed by atoms with E-state index in [1.165, 1.54) is 0 Å². The molecule has 0 N–H and O–H groups in total. The monoisotopic (exact) mass is 301 g/mol. The van der Waals surface area contributed by atoms with E-state index >= 15 is 0 Å². The third-order valence-electron chi connectivity index (χ3n) is 2.29. The fourth-order valence-corrected chi connectivity index (χ4v) is 1.72. The van der Waals surface area contributed by atoms with Gasteiger partial charge in [-0.05, 0) is 17.7 Å². The summed E-state index contributed by atoms with van der Waals surface area (Å²) in [5.41, 5.74) is 1.78. The number of oxazole rings is 1. The van der Waals surface area contributed by atoms with Gasteiger partial charge in [-0.25, -0.2) is 4.98 Å². The van der Waals surface area contributed by atoms with Crippen LogP contribution in [0.1, 0.15) is 18.2 Å². The normalized spacial score (nSPS) is 11.8. The highest BCUT2D eigenvalue weighted by Gasteiger charge is 2.29. The lowest BCUT2D eigenvalue weighted by molar-refractivity contribution is -0.00470. The smallest absolute Gasteiger partial charge is 0.303 e. The van der Waals surface area contributed by atoms with E-state index in [0.717, 1.165) is 24.0 Å². The Morgan fingerprint density at radius 1 is 1.29 bits per heavy atom. The molecule has 90 valence electrons. The summed E-state index contributed by atoms with van der Waals surface area (Å²) in [6, 6.07) is 7.36. The highest BCUT2D eigenvalue weighted by Crippen LogP contribution is 2.30. The molecule has 2 rings (SSSR count). The van der Waals surface area contributed by atoms with Crippen LogP contribution in [0.4, 0.5) is 8.78 Å². The van der Waals surface area contributed by atoms with Gasteiger partial charge in [0, 0.05) is 17.8 Å². The lowest BCUT2D eigenvalue weighted by Gasteiger charge is -2.04. The van der Waals surface area contributed by atoms with Crippen LogP contribution < -0.4 is 0 Å². The van der Waals surface area contributed by atoms with Gasteiger partial charge in [-0.2, -0.15) is 8.78 Å². The Labute approximate surface area is 106 Å². The highest BCUT2D eigenvalue weighted by molar-refractivity contribution is 9.08. The summed E-state index contributed by atoms with van der Waals surface area (Å²) >= 11 is 3.33. The van der Waals surface area contributed by atoms with Crippen molar-refractivity contribution in [1.82, 2.24) is 4.98 Å². The number of rotatable bonds is 3. The molecule has 0 amide bonds. The van der Waals surface area contributed by atoms with Crippen LogP contribution in [0.25, 0.3) is 11.5 Å². The lowest BCUT2D eigenvalue weighted by atomic mass is 10.1. The maximum absolute atomic E-state index is 13.0. The zero-order chi connectivity index (χ0) is 12.5. The predicted molar refractivity (Wildman–Crippen MR) is 64.1 cm³/mol. The molecule has 0 saturated carbocycles. The number of nitrogens with zero attached hydrogens (tertiary/aromatic N) is 1. The van der Waals surface area contributed by atoms with Crippen LogP contribution in [0.5, 0.6) is 0 Å². The van der Waals surface area contributed by atoms with E-state index in [2.05, 4.69) is 20.9 Å². The van der Waals surface area contributed by atoms with Crippen molar-refractivity contribution in [2.75, 3.05) is 0 Å². The van der Waals surface area contributed by atoms with Crippen molar-refractivity contribution in [2.24, 2.45) is 0 Å². The van der Waals surface area contributed by atoms with E-state index in [4.69, 9.17) is 4.42 Å². The van der Waals surface area contributed by atoms with Crippen LogP contribution in [0.3, 0.4) is 0 Å². The molecule has 0 spiro atoms. The summed E-state index contributed by atoms with van der Waals surface area (Å²) in [5, 5.41) is 0.747. The third-order valence-corrected chi connectivity index (χ3v) is 2.94.